The Morgan fingerprint density at radius 1 is 0.889 bits per heavy atom. The maximum Gasteiger partial charge on any atom is 0.226 e. The minimum atomic E-state index is -0.697. The van der Waals surface area contributed by atoms with E-state index in [0.29, 0.717) is 17.2 Å². The zero-order valence-electron chi connectivity index (χ0n) is 14.4. The number of anilines is 2. The van der Waals surface area contributed by atoms with Crippen LogP contribution in [0.1, 0.15) is 6.42 Å². The van der Waals surface area contributed by atoms with Crippen molar-refractivity contribution < 1.29 is 18.3 Å². The van der Waals surface area contributed by atoms with E-state index in [1.54, 1.807) is 18.2 Å². The Kier molecular flexibility index (Phi) is 5.99. The molecule has 0 saturated carbocycles. The summed E-state index contributed by atoms with van der Waals surface area (Å²) in [5, 5.41) is 5.56. The Morgan fingerprint density at radius 3 is 2.41 bits per heavy atom. The number of hydrogen-bond acceptors (Lipinski definition) is 3. The zero-order valence-corrected chi connectivity index (χ0v) is 14.4. The first-order valence-corrected chi connectivity index (χ1v) is 8.42. The molecule has 3 rings (SSSR count). The van der Waals surface area contributed by atoms with E-state index in [2.05, 4.69) is 10.6 Å². The Morgan fingerprint density at radius 2 is 1.63 bits per heavy atom. The van der Waals surface area contributed by atoms with Crippen LogP contribution in [0.4, 0.5) is 20.2 Å². The number of carbonyl (C=O) groups is 1. The SMILES string of the molecule is O=C(CCNc1ccc(F)cc1F)Nc1ccccc1Oc1ccccc1. The lowest BCUT2D eigenvalue weighted by atomic mass is 10.2. The first kappa shape index (κ1) is 18.4. The molecule has 0 spiro atoms. The first-order chi connectivity index (χ1) is 13.1. The standard InChI is InChI=1S/C21H18F2N2O2/c22-15-10-11-18(17(23)14-15)24-13-12-21(26)25-19-8-4-5-9-20(19)27-16-6-2-1-3-7-16/h1-11,14,24H,12-13H2,(H,25,26). The van der Waals surface area contributed by atoms with E-state index in [-0.39, 0.29) is 24.6 Å². The van der Waals surface area contributed by atoms with Gasteiger partial charge < -0.3 is 15.4 Å². The summed E-state index contributed by atoms with van der Waals surface area (Å²) in [4.78, 5) is 12.2. The maximum atomic E-state index is 13.6. The molecule has 0 atom stereocenters. The van der Waals surface area contributed by atoms with Crippen LogP contribution in [0.3, 0.4) is 0 Å². The van der Waals surface area contributed by atoms with Crippen LogP contribution in [-0.2, 0) is 4.79 Å². The normalized spacial score (nSPS) is 10.3. The molecule has 0 radical (unpaired) electrons. The maximum absolute atomic E-state index is 13.6. The van der Waals surface area contributed by atoms with Gasteiger partial charge in [0.1, 0.15) is 17.4 Å². The van der Waals surface area contributed by atoms with Crippen LogP contribution in [0, 0.1) is 11.6 Å². The zero-order chi connectivity index (χ0) is 19.1. The largest absolute Gasteiger partial charge is 0.455 e. The molecule has 0 aromatic heterocycles. The summed E-state index contributed by atoms with van der Waals surface area (Å²) in [5.41, 5.74) is 0.691. The van der Waals surface area contributed by atoms with Gasteiger partial charge in [-0.25, -0.2) is 8.78 Å². The van der Waals surface area contributed by atoms with Crippen molar-refractivity contribution in [3.8, 4) is 11.5 Å². The van der Waals surface area contributed by atoms with Gasteiger partial charge >= 0.3 is 0 Å². The van der Waals surface area contributed by atoms with Gasteiger partial charge in [-0.05, 0) is 36.4 Å². The first-order valence-electron chi connectivity index (χ1n) is 8.42. The molecule has 0 unspecified atom stereocenters. The van der Waals surface area contributed by atoms with E-state index in [4.69, 9.17) is 4.74 Å². The molecule has 0 fully saturated rings. The van der Waals surface area contributed by atoms with Crippen molar-refractivity contribution in [3.05, 3.63) is 84.4 Å². The van der Waals surface area contributed by atoms with Gasteiger partial charge in [0.2, 0.25) is 5.91 Å². The van der Waals surface area contributed by atoms with E-state index in [1.165, 1.54) is 6.07 Å². The van der Waals surface area contributed by atoms with E-state index < -0.39 is 11.6 Å². The minimum Gasteiger partial charge on any atom is -0.455 e. The highest BCUT2D eigenvalue weighted by atomic mass is 19.1. The van der Waals surface area contributed by atoms with E-state index in [0.717, 1.165) is 12.1 Å². The number of halogens is 2. The highest BCUT2D eigenvalue weighted by Gasteiger charge is 2.09. The second kappa shape index (κ2) is 8.80. The molecule has 4 nitrogen and oxygen atoms in total. The van der Waals surface area contributed by atoms with Gasteiger partial charge in [0, 0.05) is 19.0 Å². The number of benzene rings is 3. The van der Waals surface area contributed by atoms with Crippen LogP contribution in [0.15, 0.2) is 72.8 Å². The number of para-hydroxylation sites is 3. The molecular weight excluding hydrogens is 350 g/mol. The van der Waals surface area contributed by atoms with Crippen LogP contribution in [0.2, 0.25) is 0 Å². The summed E-state index contributed by atoms with van der Waals surface area (Å²) in [6, 6.07) is 19.6. The average Bonchev–Trinajstić information content (AvgIpc) is 2.66. The lowest BCUT2D eigenvalue weighted by Gasteiger charge is -2.12. The van der Waals surface area contributed by atoms with Crippen molar-refractivity contribution in [3.63, 3.8) is 0 Å². The lowest BCUT2D eigenvalue weighted by Crippen LogP contribution is -2.17. The van der Waals surface area contributed by atoms with E-state index in [1.807, 2.05) is 36.4 Å². The fourth-order valence-electron chi connectivity index (χ4n) is 2.43. The van der Waals surface area contributed by atoms with Crippen molar-refractivity contribution in [2.24, 2.45) is 0 Å². The number of ether oxygens (including phenoxy) is 1. The molecule has 27 heavy (non-hydrogen) atoms. The molecular formula is C21H18F2N2O2. The monoisotopic (exact) mass is 368 g/mol. The van der Waals surface area contributed by atoms with Crippen molar-refractivity contribution in [2.45, 2.75) is 6.42 Å². The van der Waals surface area contributed by atoms with Gasteiger partial charge in [-0.2, -0.15) is 0 Å². The quantitative estimate of drug-likeness (QED) is 0.603. The van der Waals surface area contributed by atoms with Gasteiger partial charge in [-0.15, -0.1) is 0 Å². The Labute approximate surface area is 155 Å². The predicted octanol–water partition coefficient (Wildman–Crippen LogP) is 5.20. The Hall–Kier alpha value is -3.41. The van der Waals surface area contributed by atoms with Gasteiger partial charge in [-0.3, -0.25) is 4.79 Å². The van der Waals surface area contributed by atoms with Crippen molar-refractivity contribution in [1.82, 2.24) is 0 Å². The van der Waals surface area contributed by atoms with Crippen LogP contribution in [0.25, 0.3) is 0 Å². The number of hydrogen-bond donors (Lipinski definition) is 2. The van der Waals surface area contributed by atoms with Crippen LogP contribution >= 0.6 is 0 Å². The molecule has 0 heterocycles. The topological polar surface area (TPSA) is 50.4 Å². The fraction of sp³-hybridized carbons (Fsp3) is 0.0952. The van der Waals surface area contributed by atoms with Gasteiger partial charge in [0.05, 0.1) is 11.4 Å². The summed E-state index contributed by atoms with van der Waals surface area (Å²) < 4.78 is 32.2. The summed E-state index contributed by atoms with van der Waals surface area (Å²) in [6.07, 6.45) is 0.108. The van der Waals surface area contributed by atoms with E-state index >= 15 is 0 Å². The summed E-state index contributed by atoms with van der Waals surface area (Å²) in [5.74, 6) is -0.417. The Balaban J connectivity index is 1.56. The molecule has 3 aromatic carbocycles. The molecule has 3 aromatic rings. The number of amides is 1. The summed E-state index contributed by atoms with van der Waals surface area (Å²) >= 11 is 0. The summed E-state index contributed by atoms with van der Waals surface area (Å²) in [7, 11) is 0. The molecule has 2 N–H and O–H groups in total. The molecule has 0 aliphatic rings. The van der Waals surface area contributed by atoms with E-state index in [9.17, 15) is 13.6 Å². The van der Waals surface area contributed by atoms with Crippen LogP contribution < -0.4 is 15.4 Å². The van der Waals surface area contributed by atoms with Crippen molar-refractivity contribution >= 4 is 17.3 Å². The Bertz CT molecular complexity index is 917. The second-order valence-corrected chi connectivity index (χ2v) is 5.76. The van der Waals surface area contributed by atoms with Crippen LogP contribution in [-0.4, -0.2) is 12.5 Å². The molecule has 0 aliphatic heterocycles. The smallest absolute Gasteiger partial charge is 0.226 e. The number of nitrogens with one attached hydrogen (secondary N) is 2. The molecule has 6 heteroatoms. The minimum absolute atomic E-state index is 0.108. The molecule has 138 valence electrons. The number of rotatable bonds is 7. The molecule has 1 amide bonds. The van der Waals surface area contributed by atoms with Gasteiger partial charge in [0.25, 0.3) is 0 Å². The molecule has 0 saturated heterocycles. The van der Waals surface area contributed by atoms with Gasteiger partial charge in [0.15, 0.2) is 5.75 Å². The third-order valence-electron chi connectivity index (χ3n) is 3.73. The van der Waals surface area contributed by atoms with Crippen molar-refractivity contribution in [2.75, 3.05) is 17.2 Å². The van der Waals surface area contributed by atoms with Gasteiger partial charge in [-0.1, -0.05) is 30.3 Å². The fourth-order valence-corrected chi connectivity index (χ4v) is 2.43. The highest BCUT2D eigenvalue weighted by molar-refractivity contribution is 5.92. The number of carbonyl (C=O) groups excluding carboxylic acids is 1. The second-order valence-electron chi connectivity index (χ2n) is 5.76. The third kappa shape index (κ3) is 5.28. The third-order valence-corrected chi connectivity index (χ3v) is 3.73. The van der Waals surface area contributed by atoms with Crippen molar-refractivity contribution in [1.29, 1.82) is 0 Å². The summed E-state index contributed by atoms with van der Waals surface area (Å²) in [6.45, 7) is 0.204. The molecule has 0 bridgehead atoms. The van der Waals surface area contributed by atoms with Crippen LogP contribution in [0.5, 0.6) is 11.5 Å². The lowest BCUT2D eigenvalue weighted by molar-refractivity contribution is -0.116. The molecule has 0 aliphatic carbocycles. The predicted molar refractivity (Wildman–Crippen MR) is 101 cm³/mol. The average molecular weight is 368 g/mol. The highest BCUT2D eigenvalue weighted by Crippen LogP contribution is 2.29.